The number of hydrogen-bond acceptors (Lipinski definition) is 4. The summed E-state index contributed by atoms with van der Waals surface area (Å²) in [5.74, 6) is 1.82. The van der Waals surface area contributed by atoms with Crippen molar-refractivity contribution in [1.82, 2.24) is 15.5 Å². The molecule has 0 saturated carbocycles. The molecule has 3 rings (SSSR count). The first-order valence-corrected chi connectivity index (χ1v) is 9.90. The number of nitrogens with one attached hydrogen (secondary N) is 2. The van der Waals surface area contributed by atoms with Gasteiger partial charge in [0, 0.05) is 25.2 Å². The van der Waals surface area contributed by atoms with E-state index in [1.165, 1.54) is 0 Å². The van der Waals surface area contributed by atoms with Crippen LogP contribution in [0.2, 0.25) is 0 Å². The fourth-order valence-corrected chi connectivity index (χ4v) is 3.37. The third kappa shape index (κ3) is 6.80. The maximum Gasteiger partial charge on any atom is 0.404 e. The first kappa shape index (κ1) is 20.7. The Morgan fingerprint density at radius 1 is 0.966 bits per heavy atom. The minimum atomic E-state index is -0.984. The van der Waals surface area contributed by atoms with Crippen molar-refractivity contribution in [2.75, 3.05) is 32.7 Å². The standard InChI is InChI=1S/C22H27N3O4/c26-21(18-6-8-20(9-7-18)29-19-4-2-1-3-5-19)24-16-17-10-13-25(14-11-17)15-12-23-22(27)28/h1-9,17,23H,10-16H2,(H,24,26)(H,27,28). The number of piperidine rings is 1. The van der Waals surface area contributed by atoms with Gasteiger partial charge in [-0.05, 0) is 68.2 Å². The third-order valence-corrected chi connectivity index (χ3v) is 5.06. The molecule has 0 aromatic heterocycles. The third-order valence-electron chi connectivity index (χ3n) is 5.06. The van der Waals surface area contributed by atoms with Gasteiger partial charge in [-0.3, -0.25) is 4.79 Å². The van der Waals surface area contributed by atoms with E-state index in [0.29, 0.717) is 30.3 Å². The average Bonchev–Trinajstić information content (AvgIpc) is 2.74. The Morgan fingerprint density at radius 3 is 2.28 bits per heavy atom. The van der Waals surface area contributed by atoms with Crippen molar-refractivity contribution in [3.63, 3.8) is 0 Å². The smallest absolute Gasteiger partial charge is 0.404 e. The molecule has 0 atom stereocenters. The molecule has 0 bridgehead atoms. The van der Waals surface area contributed by atoms with Gasteiger partial charge in [-0.25, -0.2) is 4.79 Å². The minimum Gasteiger partial charge on any atom is -0.465 e. The van der Waals surface area contributed by atoms with Crippen LogP contribution in [0.15, 0.2) is 54.6 Å². The van der Waals surface area contributed by atoms with E-state index in [1.54, 1.807) is 24.3 Å². The zero-order valence-electron chi connectivity index (χ0n) is 16.3. The summed E-state index contributed by atoms with van der Waals surface area (Å²) in [5.41, 5.74) is 0.614. The molecule has 1 saturated heterocycles. The molecule has 1 aliphatic heterocycles. The zero-order chi connectivity index (χ0) is 20.5. The summed E-state index contributed by atoms with van der Waals surface area (Å²) in [6, 6.07) is 16.7. The molecular formula is C22H27N3O4. The molecule has 2 amide bonds. The summed E-state index contributed by atoms with van der Waals surface area (Å²) in [7, 11) is 0. The van der Waals surface area contributed by atoms with E-state index in [2.05, 4.69) is 15.5 Å². The number of likely N-dealkylation sites (tertiary alicyclic amines) is 1. The molecule has 154 valence electrons. The summed E-state index contributed by atoms with van der Waals surface area (Å²) >= 11 is 0. The molecule has 1 heterocycles. The normalized spacial score (nSPS) is 14.9. The monoisotopic (exact) mass is 397 g/mol. The second-order valence-corrected chi connectivity index (χ2v) is 7.17. The number of hydrogen-bond donors (Lipinski definition) is 3. The summed E-state index contributed by atoms with van der Waals surface area (Å²) in [4.78, 5) is 25.1. The highest BCUT2D eigenvalue weighted by Crippen LogP contribution is 2.21. The van der Waals surface area contributed by atoms with Crippen LogP contribution in [0.1, 0.15) is 23.2 Å². The average molecular weight is 397 g/mol. The fourth-order valence-electron chi connectivity index (χ4n) is 3.37. The van der Waals surface area contributed by atoms with Gasteiger partial charge in [0.25, 0.3) is 5.91 Å². The van der Waals surface area contributed by atoms with Crippen LogP contribution in [-0.2, 0) is 0 Å². The molecule has 0 unspecified atom stereocenters. The Hall–Kier alpha value is -3.06. The minimum absolute atomic E-state index is 0.0793. The fraction of sp³-hybridized carbons (Fsp3) is 0.364. The molecule has 0 radical (unpaired) electrons. The number of carboxylic acid groups (broad SMARTS) is 1. The number of ether oxygens (including phenoxy) is 1. The number of rotatable bonds is 8. The maximum atomic E-state index is 12.4. The van der Waals surface area contributed by atoms with E-state index in [1.807, 2.05) is 30.3 Å². The molecule has 7 heteroatoms. The highest BCUT2D eigenvalue weighted by Gasteiger charge is 2.19. The van der Waals surface area contributed by atoms with Crippen LogP contribution in [0.4, 0.5) is 4.79 Å². The van der Waals surface area contributed by atoms with Crippen LogP contribution < -0.4 is 15.4 Å². The topological polar surface area (TPSA) is 90.9 Å². The van der Waals surface area contributed by atoms with Gasteiger partial charge in [0.2, 0.25) is 0 Å². The Labute approximate surface area is 170 Å². The van der Waals surface area contributed by atoms with Crippen LogP contribution in [-0.4, -0.2) is 54.7 Å². The van der Waals surface area contributed by atoms with Gasteiger partial charge in [0.15, 0.2) is 0 Å². The number of para-hydroxylation sites is 1. The van der Waals surface area contributed by atoms with E-state index in [-0.39, 0.29) is 5.91 Å². The van der Waals surface area contributed by atoms with E-state index in [0.717, 1.165) is 38.2 Å². The predicted molar refractivity (Wildman–Crippen MR) is 110 cm³/mol. The molecule has 3 N–H and O–H groups in total. The molecule has 2 aromatic rings. The van der Waals surface area contributed by atoms with Crippen molar-refractivity contribution >= 4 is 12.0 Å². The van der Waals surface area contributed by atoms with Crippen LogP contribution in [0, 0.1) is 5.92 Å². The molecular weight excluding hydrogens is 370 g/mol. The molecule has 29 heavy (non-hydrogen) atoms. The second kappa shape index (κ2) is 10.5. The molecule has 0 aliphatic carbocycles. The van der Waals surface area contributed by atoms with E-state index in [9.17, 15) is 9.59 Å². The Bertz CT molecular complexity index is 787. The highest BCUT2D eigenvalue weighted by molar-refractivity contribution is 5.94. The SMILES string of the molecule is O=C(O)NCCN1CCC(CNC(=O)c2ccc(Oc3ccccc3)cc2)CC1. The second-order valence-electron chi connectivity index (χ2n) is 7.17. The van der Waals surface area contributed by atoms with Crippen molar-refractivity contribution in [2.24, 2.45) is 5.92 Å². The van der Waals surface area contributed by atoms with Gasteiger partial charge >= 0.3 is 6.09 Å². The van der Waals surface area contributed by atoms with E-state index >= 15 is 0 Å². The zero-order valence-corrected chi connectivity index (χ0v) is 16.3. The molecule has 7 nitrogen and oxygen atoms in total. The van der Waals surface area contributed by atoms with Gasteiger partial charge < -0.3 is 25.4 Å². The number of benzene rings is 2. The van der Waals surface area contributed by atoms with Crippen molar-refractivity contribution in [2.45, 2.75) is 12.8 Å². The lowest BCUT2D eigenvalue weighted by molar-refractivity contribution is 0.0936. The Balaban J connectivity index is 1.38. The van der Waals surface area contributed by atoms with Crippen molar-refractivity contribution in [1.29, 1.82) is 0 Å². The van der Waals surface area contributed by atoms with Crippen molar-refractivity contribution in [3.8, 4) is 11.5 Å². The number of carbonyl (C=O) groups excluding carboxylic acids is 1. The van der Waals surface area contributed by atoms with Crippen molar-refractivity contribution in [3.05, 3.63) is 60.2 Å². The summed E-state index contributed by atoms with van der Waals surface area (Å²) < 4.78 is 5.75. The predicted octanol–water partition coefficient (Wildman–Crippen LogP) is 3.19. The van der Waals surface area contributed by atoms with E-state index in [4.69, 9.17) is 9.84 Å². The maximum absolute atomic E-state index is 12.4. The number of nitrogens with zero attached hydrogens (tertiary/aromatic N) is 1. The summed E-state index contributed by atoms with van der Waals surface area (Å²) in [5, 5.41) is 14.0. The lowest BCUT2D eigenvalue weighted by atomic mass is 9.96. The van der Waals surface area contributed by atoms with Crippen LogP contribution in [0.5, 0.6) is 11.5 Å². The van der Waals surface area contributed by atoms with Gasteiger partial charge in [0.05, 0.1) is 0 Å². The van der Waals surface area contributed by atoms with E-state index < -0.39 is 6.09 Å². The molecule has 1 aliphatic rings. The first-order valence-electron chi connectivity index (χ1n) is 9.90. The molecule has 1 fully saturated rings. The van der Waals surface area contributed by atoms with Gasteiger partial charge in [0.1, 0.15) is 11.5 Å². The van der Waals surface area contributed by atoms with Crippen LogP contribution in [0.3, 0.4) is 0 Å². The summed E-state index contributed by atoms with van der Waals surface area (Å²) in [6.07, 6.45) is 1.01. The number of carbonyl (C=O) groups is 2. The molecule has 2 aromatic carbocycles. The molecule has 0 spiro atoms. The first-order chi connectivity index (χ1) is 14.1. The summed E-state index contributed by atoms with van der Waals surface area (Å²) in [6.45, 7) is 3.67. The Kier molecular flexibility index (Phi) is 7.47. The van der Waals surface area contributed by atoms with Crippen LogP contribution in [0.25, 0.3) is 0 Å². The number of amides is 2. The van der Waals surface area contributed by atoms with Gasteiger partial charge in [-0.15, -0.1) is 0 Å². The van der Waals surface area contributed by atoms with Crippen molar-refractivity contribution < 1.29 is 19.4 Å². The van der Waals surface area contributed by atoms with Crippen LogP contribution >= 0.6 is 0 Å². The quantitative estimate of drug-likeness (QED) is 0.636. The van der Waals surface area contributed by atoms with Gasteiger partial charge in [-0.1, -0.05) is 18.2 Å². The van der Waals surface area contributed by atoms with Gasteiger partial charge in [-0.2, -0.15) is 0 Å². The Morgan fingerprint density at radius 2 is 1.62 bits per heavy atom. The largest absolute Gasteiger partial charge is 0.465 e. The highest BCUT2D eigenvalue weighted by atomic mass is 16.5. The lowest BCUT2D eigenvalue weighted by Gasteiger charge is -2.31. The lowest BCUT2D eigenvalue weighted by Crippen LogP contribution is -2.41.